The fourth-order valence-electron chi connectivity index (χ4n) is 3.55. The van der Waals surface area contributed by atoms with Gasteiger partial charge < -0.3 is 10.2 Å². The summed E-state index contributed by atoms with van der Waals surface area (Å²) in [5, 5.41) is 3.17. The van der Waals surface area contributed by atoms with Crippen LogP contribution in [0.5, 0.6) is 0 Å². The minimum absolute atomic E-state index is 0.103. The highest BCUT2D eigenvalue weighted by Gasteiger charge is 2.26. The highest BCUT2D eigenvalue weighted by molar-refractivity contribution is 7.92. The Kier molecular flexibility index (Phi) is 9.31. The zero-order chi connectivity index (χ0) is 24.8. The maximum atomic E-state index is 13.1. The van der Waals surface area contributed by atoms with E-state index in [1.54, 1.807) is 19.1 Å². The van der Waals surface area contributed by atoms with E-state index in [1.165, 1.54) is 16.3 Å². The lowest BCUT2D eigenvalue weighted by atomic mass is 10.1. The number of nitrogens with zero attached hydrogens (tertiary/aromatic N) is 2. The average molecular weight is 494 g/mol. The zero-order valence-corrected chi connectivity index (χ0v) is 21.3. The van der Waals surface area contributed by atoms with Crippen molar-refractivity contribution >= 4 is 39.1 Å². The molecule has 0 heterocycles. The second-order valence-corrected chi connectivity index (χ2v) is 10.5. The van der Waals surface area contributed by atoms with Gasteiger partial charge in [-0.05, 0) is 62.1 Å². The molecule has 1 atom stereocenters. The van der Waals surface area contributed by atoms with Crippen LogP contribution in [0.2, 0.25) is 5.02 Å². The first-order chi connectivity index (χ1) is 15.4. The van der Waals surface area contributed by atoms with Crippen molar-refractivity contribution in [2.75, 3.05) is 24.2 Å². The van der Waals surface area contributed by atoms with Gasteiger partial charge in [0.1, 0.15) is 6.04 Å². The third kappa shape index (κ3) is 7.47. The molecular formula is C24H32ClN3O4S. The summed E-state index contributed by atoms with van der Waals surface area (Å²) >= 11 is 5.95. The van der Waals surface area contributed by atoms with Crippen molar-refractivity contribution in [2.24, 2.45) is 0 Å². The maximum absolute atomic E-state index is 13.1. The number of halogens is 1. The molecule has 7 nitrogen and oxygen atoms in total. The topological polar surface area (TPSA) is 86.8 Å². The van der Waals surface area contributed by atoms with Crippen LogP contribution in [0.15, 0.2) is 42.5 Å². The quantitative estimate of drug-likeness (QED) is 0.547. The van der Waals surface area contributed by atoms with Crippen molar-refractivity contribution in [3.63, 3.8) is 0 Å². The van der Waals surface area contributed by atoms with Crippen molar-refractivity contribution in [1.82, 2.24) is 10.2 Å². The summed E-state index contributed by atoms with van der Waals surface area (Å²) < 4.78 is 26.3. The van der Waals surface area contributed by atoms with E-state index >= 15 is 0 Å². The number of amides is 2. The van der Waals surface area contributed by atoms with Gasteiger partial charge >= 0.3 is 0 Å². The van der Waals surface area contributed by atoms with Gasteiger partial charge in [-0.3, -0.25) is 13.9 Å². The Morgan fingerprint density at radius 2 is 1.73 bits per heavy atom. The summed E-state index contributed by atoms with van der Waals surface area (Å²) in [6.45, 7) is 5.85. The predicted molar refractivity (Wildman–Crippen MR) is 133 cm³/mol. The molecule has 180 valence electrons. The van der Waals surface area contributed by atoms with Crippen molar-refractivity contribution in [3.8, 4) is 0 Å². The molecule has 0 saturated heterocycles. The fourth-order valence-corrected chi connectivity index (χ4v) is 4.69. The number of hydrogen-bond donors (Lipinski definition) is 1. The second-order valence-electron chi connectivity index (χ2n) is 8.17. The van der Waals surface area contributed by atoms with Gasteiger partial charge in [0, 0.05) is 31.6 Å². The molecule has 2 aromatic rings. The minimum Gasteiger partial charge on any atom is -0.357 e. The third-order valence-corrected chi connectivity index (χ3v) is 6.90. The van der Waals surface area contributed by atoms with Crippen LogP contribution in [0.1, 0.15) is 36.5 Å². The zero-order valence-electron chi connectivity index (χ0n) is 19.8. The van der Waals surface area contributed by atoms with Crippen molar-refractivity contribution in [1.29, 1.82) is 0 Å². The summed E-state index contributed by atoms with van der Waals surface area (Å²) in [5.74, 6) is -0.499. The third-order valence-electron chi connectivity index (χ3n) is 5.47. The molecule has 9 heteroatoms. The van der Waals surface area contributed by atoms with Gasteiger partial charge in [-0.1, -0.05) is 35.9 Å². The lowest BCUT2D eigenvalue weighted by Crippen LogP contribution is -2.46. The molecule has 1 N–H and O–H groups in total. The lowest BCUT2D eigenvalue weighted by Gasteiger charge is -2.29. The number of hydrogen-bond acceptors (Lipinski definition) is 4. The van der Waals surface area contributed by atoms with E-state index in [9.17, 15) is 18.0 Å². The van der Waals surface area contributed by atoms with Crippen LogP contribution >= 0.6 is 11.6 Å². The Morgan fingerprint density at radius 1 is 1.09 bits per heavy atom. The Morgan fingerprint density at radius 3 is 2.30 bits per heavy atom. The van der Waals surface area contributed by atoms with Crippen LogP contribution in [0.25, 0.3) is 0 Å². The van der Waals surface area contributed by atoms with E-state index in [1.807, 2.05) is 44.2 Å². The molecule has 0 fully saturated rings. The second kappa shape index (κ2) is 11.5. The van der Waals surface area contributed by atoms with E-state index in [2.05, 4.69) is 5.32 Å². The van der Waals surface area contributed by atoms with Crippen molar-refractivity contribution in [3.05, 3.63) is 64.2 Å². The van der Waals surface area contributed by atoms with E-state index < -0.39 is 16.1 Å². The van der Waals surface area contributed by atoms with Crippen LogP contribution in [-0.4, -0.2) is 51.0 Å². The molecule has 0 saturated carbocycles. The maximum Gasteiger partial charge on any atom is 0.242 e. The number of nitrogens with one attached hydrogen (secondary N) is 1. The minimum atomic E-state index is -3.53. The molecular weight excluding hydrogens is 462 g/mol. The Hall–Kier alpha value is -2.58. The van der Waals surface area contributed by atoms with Crippen molar-refractivity contribution in [2.45, 2.75) is 46.2 Å². The van der Waals surface area contributed by atoms with Gasteiger partial charge in [-0.15, -0.1) is 0 Å². The van der Waals surface area contributed by atoms with Gasteiger partial charge in [0.05, 0.1) is 11.9 Å². The summed E-state index contributed by atoms with van der Waals surface area (Å²) in [6.07, 6.45) is 1.58. The Bertz CT molecular complexity index is 1090. The van der Waals surface area contributed by atoms with Gasteiger partial charge in [0.25, 0.3) is 0 Å². The standard InChI is InChI=1S/C24H32ClN3O4S/c1-17-8-9-18(2)22(15-17)28(33(5,31)32)14-6-7-23(29)27(19(3)24(30)26-4)16-20-10-12-21(25)13-11-20/h8-13,15,19H,6-7,14,16H2,1-5H3,(H,26,30). The number of rotatable bonds is 10. The SMILES string of the molecule is CNC(=O)C(C)N(Cc1ccc(Cl)cc1)C(=O)CCCN(c1cc(C)ccc1C)S(C)(=O)=O. The number of anilines is 1. The first kappa shape index (κ1) is 26.7. The molecule has 2 aromatic carbocycles. The van der Waals surface area contributed by atoms with Gasteiger partial charge in [0.2, 0.25) is 21.8 Å². The van der Waals surface area contributed by atoms with Crippen LogP contribution in [0.3, 0.4) is 0 Å². The number of aryl methyl sites for hydroxylation is 2. The Balaban J connectivity index is 2.17. The fraction of sp³-hybridized carbons (Fsp3) is 0.417. The number of benzene rings is 2. The molecule has 0 aliphatic carbocycles. The molecule has 0 aromatic heterocycles. The molecule has 2 amide bonds. The molecule has 33 heavy (non-hydrogen) atoms. The van der Waals surface area contributed by atoms with E-state index in [4.69, 9.17) is 11.6 Å². The molecule has 0 spiro atoms. The number of sulfonamides is 1. The normalized spacial score (nSPS) is 12.2. The highest BCUT2D eigenvalue weighted by atomic mass is 35.5. The monoisotopic (exact) mass is 493 g/mol. The molecule has 0 aliphatic rings. The van der Waals surface area contributed by atoms with Crippen LogP contribution < -0.4 is 9.62 Å². The molecule has 0 bridgehead atoms. The Labute approximate surface area is 201 Å². The van der Waals surface area contributed by atoms with Crippen LogP contribution in [0, 0.1) is 13.8 Å². The number of carbonyl (C=O) groups excluding carboxylic acids is 2. The summed E-state index contributed by atoms with van der Waals surface area (Å²) in [6, 6.07) is 12.1. The highest BCUT2D eigenvalue weighted by Crippen LogP contribution is 2.24. The van der Waals surface area contributed by atoms with E-state index in [0.29, 0.717) is 17.1 Å². The molecule has 0 radical (unpaired) electrons. The summed E-state index contributed by atoms with van der Waals surface area (Å²) in [5.41, 5.74) is 3.25. The van der Waals surface area contributed by atoms with Gasteiger partial charge in [-0.25, -0.2) is 8.42 Å². The summed E-state index contributed by atoms with van der Waals surface area (Å²) in [4.78, 5) is 26.9. The summed E-state index contributed by atoms with van der Waals surface area (Å²) in [7, 11) is -2.00. The average Bonchev–Trinajstić information content (AvgIpc) is 2.76. The van der Waals surface area contributed by atoms with E-state index in [0.717, 1.165) is 22.9 Å². The van der Waals surface area contributed by atoms with E-state index in [-0.39, 0.29) is 31.3 Å². The first-order valence-corrected chi connectivity index (χ1v) is 13.0. The van der Waals surface area contributed by atoms with Crippen LogP contribution in [0.4, 0.5) is 5.69 Å². The largest absolute Gasteiger partial charge is 0.357 e. The first-order valence-electron chi connectivity index (χ1n) is 10.7. The molecule has 1 unspecified atom stereocenters. The molecule has 0 aliphatic heterocycles. The predicted octanol–water partition coefficient (Wildman–Crippen LogP) is 3.67. The van der Waals surface area contributed by atoms with Crippen molar-refractivity contribution < 1.29 is 18.0 Å². The van der Waals surface area contributed by atoms with Crippen LogP contribution in [-0.2, 0) is 26.2 Å². The van der Waals surface area contributed by atoms with Gasteiger partial charge in [-0.2, -0.15) is 0 Å². The number of carbonyl (C=O) groups is 2. The molecule has 2 rings (SSSR count). The van der Waals surface area contributed by atoms with Gasteiger partial charge in [0.15, 0.2) is 0 Å². The smallest absolute Gasteiger partial charge is 0.242 e. The lowest BCUT2D eigenvalue weighted by molar-refractivity contribution is -0.140. The number of likely N-dealkylation sites (N-methyl/N-ethyl adjacent to an activating group) is 1.